The fraction of sp³-hybridized carbons (Fsp3) is 0.370. The van der Waals surface area contributed by atoms with Crippen molar-refractivity contribution in [2.24, 2.45) is 11.7 Å². The van der Waals surface area contributed by atoms with Crippen molar-refractivity contribution in [2.45, 2.75) is 57.0 Å². The first-order valence-corrected chi connectivity index (χ1v) is 12.0. The summed E-state index contributed by atoms with van der Waals surface area (Å²) in [5.74, 6) is -2.61. The molecular weight excluding hydrogens is 487 g/mol. The van der Waals surface area contributed by atoms with E-state index in [9.17, 15) is 22.8 Å². The van der Waals surface area contributed by atoms with Crippen LogP contribution in [-0.4, -0.2) is 46.1 Å². The zero-order valence-corrected chi connectivity index (χ0v) is 20.2. The summed E-state index contributed by atoms with van der Waals surface area (Å²) >= 11 is 0. The van der Waals surface area contributed by atoms with Crippen LogP contribution >= 0.6 is 0 Å². The number of carbonyl (C=O) groups excluding carboxylic acids is 2. The summed E-state index contributed by atoms with van der Waals surface area (Å²) in [7, 11) is 0. The van der Waals surface area contributed by atoms with E-state index >= 15 is 0 Å². The van der Waals surface area contributed by atoms with Crippen molar-refractivity contribution in [1.29, 1.82) is 0 Å². The Balaban J connectivity index is 0.000000479. The predicted octanol–water partition coefficient (Wildman–Crippen LogP) is 3.57. The molecule has 2 aliphatic rings. The molecule has 1 saturated carbocycles. The summed E-state index contributed by atoms with van der Waals surface area (Å²) in [6.07, 6.45) is 1.92. The summed E-state index contributed by atoms with van der Waals surface area (Å²) in [5.41, 5.74) is 9.67. The fourth-order valence-electron chi connectivity index (χ4n) is 3.92. The Bertz CT molecular complexity index is 1090. The normalized spacial score (nSPS) is 16.4. The van der Waals surface area contributed by atoms with E-state index in [1.807, 2.05) is 41.3 Å². The Labute approximate surface area is 213 Å². The average Bonchev–Trinajstić information content (AvgIpc) is 3.63. The van der Waals surface area contributed by atoms with Crippen LogP contribution in [0.1, 0.15) is 36.0 Å². The first-order chi connectivity index (χ1) is 17.5. The zero-order chi connectivity index (χ0) is 27.0. The third-order valence-corrected chi connectivity index (χ3v) is 6.21. The van der Waals surface area contributed by atoms with Crippen molar-refractivity contribution in [1.82, 2.24) is 10.2 Å². The third-order valence-electron chi connectivity index (χ3n) is 6.21. The van der Waals surface area contributed by atoms with Gasteiger partial charge >= 0.3 is 12.1 Å². The van der Waals surface area contributed by atoms with E-state index in [0.29, 0.717) is 19.0 Å². The standard InChI is InChI=1S/C25H29N3O2.C2HF3O2/c26-24(19-11-12-19)25(30)27-22(13-10-18-6-2-1-3-7-18)14-15-23(29)28-16-20-8-4-5-9-21(20)17-28;3-2(4,5)1(6)7/h1-9,14-15,19,22,24H,10-13,16-17,26H2,(H,27,30);(H,6,7)/b15-14+;/t22-,24-;/m0./s1. The molecule has 2 aromatic rings. The number of benzene rings is 2. The van der Waals surface area contributed by atoms with Gasteiger partial charge in [0, 0.05) is 25.2 Å². The number of alkyl halides is 3. The van der Waals surface area contributed by atoms with E-state index in [2.05, 4.69) is 29.6 Å². The molecule has 1 aliphatic heterocycles. The second kappa shape index (κ2) is 12.5. The van der Waals surface area contributed by atoms with Crippen molar-refractivity contribution in [3.8, 4) is 0 Å². The molecule has 0 radical (unpaired) electrons. The van der Waals surface area contributed by atoms with Gasteiger partial charge in [-0.15, -0.1) is 0 Å². The molecule has 0 unspecified atom stereocenters. The number of hydrogen-bond donors (Lipinski definition) is 3. The van der Waals surface area contributed by atoms with Gasteiger partial charge in [0.25, 0.3) is 0 Å². The maximum absolute atomic E-state index is 12.7. The first kappa shape index (κ1) is 27.9. The molecule has 198 valence electrons. The highest BCUT2D eigenvalue weighted by atomic mass is 19.4. The van der Waals surface area contributed by atoms with Crippen molar-refractivity contribution in [2.75, 3.05) is 0 Å². The van der Waals surface area contributed by atoms with Crippen LogP contribution in [0.2, 0.25) is 0 Å². The van der Waals surface area contributed by atoms with Crippen molar-refractivity contribution in [3.63, 3.8) is 0 Å². The molecule has 0 spiro atoms. The number of nitrogens with zero attached hydrogens (tertiary/aromatic N) is 1. The Hall–Kier alpha value is -3.66. The molecule has 0 bridgehead atoms. The number of fused-ring (bicyclic) bond motifs is 1. The molecule has 7 nitrogen and oxygen atoms in total. The number of hydrogen-bond acceptors (Lipinski definition) is 4. The highest BCUT2D eigenvalue weighted by Gasteiger charge is 2.38. The Morgan fingerprint density at radius 3 is 2.08 bits per heavy atom. The average molecular weight is 518 g/mol. The smallest absolute Gasteiger partial charge is 0.475 e. The second-order valence-electron chi connectivity index (χ2n) is 9.13. The van der Waals surface area contributed by atoms with Gasteiger partial charge in [-0.05, 0) is 48.3 Å². The number of amides is 2. The minimum absolute atomic E-state index is 0.0309. The minimum atomic E-state index is -5.08. The maximum Gasteiger partial charge on any atom is 0.490 e. The number of carboxylic acids is 1. The molecule has 1 fully saturated rings. The molecule has 2 aromatic carbocycles. The number of carbonyl (C=O) groups is 3. The van der Waals surface area contributed by atoms with Gasteiger partial charge < -0.3 is 21.1 Å². The van der Waals surface area contributed by atoms with Gasteiger partial charge in [0.15, 0.2) is 0 Å². The van der Waals surface area contributed by atoms with Crippen LogP contribution in [0.3, 0.4) is 0 Å². The van der Waals surface area contributed by atoms with Crippen LogP contribution in [0.15, 0.2) is 66.7 Å². The first-order valence-electron chi connectivity index (χ1n) is 12.0. The number of nitrogens with one attached hydrogen (secondary N) is 1. The SMILES string of the molecule is N[C@H](C(=O)N[C@H](/C=C/C(=O)N1Cc2ccccc2C1)CCc1ccccc1)C1CC1.O=C(O)C(F)(F)F. The van der Waals surface area contributed by atoms with E-state index in [-0.39, 0.29) is 17.9 Å². The Morgan fingerprint density at radius 2 is 1.57 bits per heavy atom. The number of carboxylic acid groups (broad SMARTS) is 1. The van der Waals surface area contributed by atoms with E-state index < -0.39 is 18.2 Å². The topological polar surface area (TPSA) is 113 Å². The number of halogens is 3. The van der Waals surface area contributed by atoms with Gasteiger partial charge in [0.05, 0.1) is 6.04 Å². The molecule has 4 rings (SSSR count). The van der Waals surface area contributed by atoms with Crippen LogP contribution in [0, 0.1) is 5.92 Å². The third kappa shape index (κ3) is 8.75. The summed E-state index contributed by atoms with van der Waals surface area (Å²) < 4.78 is 31.7. The molecule has 4 N–H and O–H groups in total. The van der Waals surface area contributed by atoms with Gasteiger partial charge in [-0.1, -0.05) is 60.7 Å². The van der Waals surface area contributed by atoms with Crippen LogP contribution < -0.4 is 11.1 Å². The van der Waals surface area contributed by atoms with Gasteiger partial charge in [0.2, 0.25) is 11.8 Å². The van der Waals surface area contributed by atoms with E-state index in [0.717, 1.165) is 25.7 Å². The second-order valence-corrected chi connectivity index (χ2v) is 9.13. The number of nitrogens with two attached hydrogens (primary N) is 1. The minimum Gasteiger partial charge on any atom is -0.475 e. The van der Waals surface area contributed by atoms with Gasteiger partial charge in [-0.3, -0.25) is 9.59 Å². The molecule has 2 amide bonds. The lowest BCUT2D eigenvalue weighted by molar-refractivity contribution is -0.192. The lowest BCUT2D eigenvalue weighted by Gasteiger charge is -2.19. The summed E-state index contributed by atoms with van der Waals surface area (Å²) in [6, 6.07) is 17.6. The molecule has 0 aromatic heterocycles. The molecule has 10 heteroatoms. The van der Waals surface area contributed by atoms with Gasteiger partial charge in [-0.2, -0.15) is 13.2 Å². The van der Waals surface area contributed by atoms with E-state index in [1.54, 1.807) is 6.08 Å². The Kier molecular flexibility index (Phi) is 9.46. The largest absolute Gasteiger partial charge is 0.490 e. The quantitative estimate of drug-likeness (QED) is 0.464. The van der Waals surface area contributed by atoms with Crippen molar-refractivity contribution < 1.29 is 32.7 Å². The van der Waals surface area contributed by atoms with E-state index in [4.69, 9.17) is 15.6 Å². The lowest BCUT2D eigenvalue weighted by atomic mass is 10.0. The summed E-state index contributed by atoms with van der Waals surface area (Å²) in [5, 5.41) is 10.2. The van der Waals surface area contributed by atoms with Crippen LogP contribution in [-0.2, 0) is 33.9 Å². The molecule has 0 saturated heterocycles. The molecular formula is C27H30F3N3O4. The van der Waals surface area contributed by atoms with E-state index in [1.165, 1.54) is 16.7 Å². The zero-order valence-electron chi connectivity index (χ0n) is 20.2. The van der Waals surface area contributed by atoms with Crippen molar-refractivity contribution in [3.05, 3.63) is 83.4 Å². The monoisotopic (exact) mass is 517 g/mol. The van der Waals surface area contributed by atoms with Crippen LogP contribution in [0.4, 0.5) is 13.2 Å². The highest BCUT2D eigenvalue weighted by Crippen LogP contribution is 2.31. The van der Waals surface area contributed by atoms with Crippen LogP contribution in [0.5, 0.6) is 0 Å². The lowest BCUT2D eigenvalue weighted by Crippen LogP contribution is -2.46. The molecule has 37 heavy (non-hydrogen) atoms. The van der Waals surface area contributed by atoms with Gasteiger partial charge in [-0.25, -0.2) is 4.79 Å². The van der Waals surface area contributed by atoms with Crippen LogP contribution in [0.25, 0.3) is 0 Å². The molecule has 2 atom stereocenters. The maximum atomic E-state index is 12.7. The number of aliphatic carboxylic acids is 1. The Morgan fingerprint density at radius 1 is 1.03 bits per heavy atom. The number of aryl methyl sites for hydroxylation is 1. The molecule has 1 aliphatic carbocycles. The molecule has 1 heterocycles. The highest BCUT2D eigenvalue weighted by molar-refractivity contribution is 5.88. The van der Waals surface area contributed by atoms with Crippen molar-refractivity contribution >= 4 is 17.8 Å². The van der Waals surface area contributed by atoms with Gasteiger partial charge in [0.1, 0.15) is 0 Å². The summed E-state index contributed by atoms with van der Waals surface area (Å²) in [4.78, 5) is 36.0. The summed E-state index contributed by atoms with van der Waals surface area (Å²) in [6.45, 7) is 1.26. The fourth-order valence-corrected chi connectivity index (χ4v) is 3.92. The number of rotatable bonds is 8. The predicted molar refractivity (Wildman–Crippen MR) is 131 cm³/mol.